The van der Waals surface area contributed by atoms with Gasteiger partial charge in [0.2, 0.25) is 6.29 Å². The van der Waals surface area contributed by atoms with Crippen molar-refractivity contribution in [3.05, 3.63) is 0 Å². The molecule has 92 valence electrons. The monoisotopic (exact) mass is 246 g/mol. The maximum atomic E-state index is 10.4. The summed E-state index contributed by atoms with van der Waals surface area (Å²) in [5, 5.41) is 0. The summed E-state index contributed by atoms with van der Waals surface area (Å²) in [6, 6.07) is 0. The number of carbonyl (C=O) groups is 1. The lowest BCUT2D eigenvalue weighted by Gasteiger charge is -2.22. The van der Waals surface area contributed by atoms with E-state index in [1.54, 1.807) is 6.92 Å². The molecule has 2 rings (SSSR count). The number of fused-ring (bicyclic) bond motifs is 2. The third-order valence-electron chi connectivity index (χ3n) is 3.98. The predicted molar refractivity (Wildman–Crippen MR) is 61.3 cm³/mol. The number of hydrogen-bond donors (Lipinski definition) is 0. The van der Waals surface area contributed by atoms with Crippen LogP contribution in [0.3, 0.4) is 0 Å². The van der Waals surface area contributed by atoms with Gasteiger partial charge in [-0.1, -0.05) is 6.42 Å². The fourth-order valence-corrected chi connectivity index (χ4v) is 3.41. The van der Waals surface area contributed by atoms with Gasteiger partial charge in [-0.15, -0.1) is 0 Å². The van der Waals surface area contributed by atoms with Crippen molar-refractivity contribution in [2.45, 2.75) is 45.3 Å². The molecule has 16 heavy (non-hydrogen) atoms. The lowest BCUT2D eigenvalue weighted by Crippen LogP contribution is -2.18. The molecule has 4 atom stereocenters. The molecule has 2 fully saturated rings. The molecular formula is C12H19ClO3. The minimum atomic E-state index is -0.799. The smallest absolute Gasteiger partial charge is 0.406 e. The molecule has 0 aliphatic heterocycles. The number of ether oxygens (including phenoxy) is 2. The van der Waals surface area contributed by atoms with E-state index in [-0.39, 0.29) is 0 Å². The average Bonchev–Trinajstić information content (AvgIpc) is 2.77. The van der Waals surface area contributed by atoms with Crippen molar-refractivity contribution in [2.24, 2.45) is 17.8 Å². The zero-order valence-corrected chi connectivity index (χ0v) is 10.4. The van der Waals surface area contributed by atoms with Gasteiger partial charge in [0.1, 0.15) is 0 Å². The van der Waals surface area contributed by atoms with E-state index in [4.69, 9.17) is 16.3 Å². The highest BCUT2D eigenvalue weighted by Gasteiger charge is 2.38. The fraction of sp³-hybridized carbons (Fsp3) is 0.917. The molecule has 2 aliphatic rings. The van der Waals surface area contributed by atoms with Gasteiger partial charge in [-0.3, -0.25) is 0 Å². The molecule has 2 saturated carbocycles. The van der Waals surface area contributed by atoms with Gasteiger partial charge in [-0.2, -0.15) is 0 Å². The third kappa shape index (κ3) is 3.11. The lowest BCUT2D eigenvalue weighted by molar-refractivity contribution is -0.0882. The largest absolute Gasteiger partial charge is 0.424 e. The summed E-state index contributed by atoms with van der Waals surface area (Å²) >= 11 is 5.09. The maximum Gasteiger partial charge on any atom is 0.406 e. The van der Waals surface area contributed by atoms with E-state index in [1.165, 1.54) is 25.7 Å². The molecule has 0 spiro atoms. The number of hydrogen-bond acceptors (Lipinski definition) is 3. The van der Waals surface area contributed by atoms with Crippen LogP contribution in [-0.2, 0) is 9.47 Å². The SMILES string of the molecule is CC(OCCC1CC2CCC1C2)OC(=O)Cl. The quantitative estimate of drug-likeness (QED) is 0.550. The molecule has 0 heterocycles. The maximum absolute atomic E-state index is 10.4. The zero-order valence-electron chi connectivity index (χ0n) is 9.65. The Morgan fingerprint density at radius 1 is 1.44 bits per heavy atom. The summed E-state index contributed by atoms with van der Waals surface area (Å²) in [5.41, 5.74) is -0.799. The second-order valence-corrected chi connectivity index (χ2v) is 5.33. The predicted octanol–water partition coefficient (Wildman–Crippen LogP) is 3.55. The Balaban J connectivity index is 1.60. The van der Waals surface area contributed by atoms with Crippen LogP contribution in [0.15, 0.2) is 0 Å². The summed E-state index contributed by atoms with van der Waals surface area (Å²) < 4.78 is 10.1. The van der Waals surface area contributed by atoms with E-state index < -0.39 is 11.7 Å². The highest BCUT2D eigenvalue weighted by molar-refractivity contribution is 6.61. The highest BCUT2D eigenvalue weighted by Crippen LogP contribution is 2.49. The molecule has 0 aromatic carbocycles. The number of rotatable bonds is 5. The Morgan fingerprint density at radius 3 is 2.81 bits per heavy atom. The molecule has 2 bridgehead atoms. The topological polar surface area (TPSA) is 35.5 Å². The van der Waals surface area contributed by atoms with Crippen molar-refractivity contribution in [1.29, 1.82) is 0 Å². The van der Waals surface area contributed by atoms with Crippen molar-refractivity contribution in [3.8, 4) is 0 Å². The van der Waals surface area contributed by atoms with Crippen molar-refractivity contribution in [3.63, 3.8) is 0 Å². The summed E-state index contributed by atoms with van der Waals surface area (Å²) in [5.74, 6) is 2.74. The summed E-state index contributed by atoms with van der Waals surface area (Å²) in [7, 11) is 0. The van der Waals surface area contributed by atoms with Crippen molar-refractivity contribution in [2.75, 3.05) is 6.61 Å². The van der Waals surface area contributed by atoms with E-state index in [0.29, 0.717) is 6.61 Å². The Kier molecular flexibility index (Phi) is 4.09. The standard InChI is InChI=1S/C12H19ClO3/c1-8(16-12(13)14)15-5-4-11-7-9-2-3-10(11)6-9/h8-11H,2-7H2,1H3. The van der Waals surface area contributed by atoms with Gasteiger partial charge >= 0.3 is 5.43 Å². The normalized spacial score (nSPS) is 34.0. The molecular weight excluding hydrogens is 228 g/mol. The molecule has 0 radical (unpaired) electrons. The van der Waals surface area contributed by atoms with Crippen LogP contribution in [0.5, 0.6) is 0 Å². The van der Waals surface area contributed by atoms with Gasteiger partial charge in [-0.05, 0) is 50.4 Å². The van der Waals surface area contributed by atoms with Gasteiger partial charge in [0.25, 0.3) is 0 Å². The Bertz CT molecular complexity index is 257. The van der Waals surface area contributed by atoms with E-state index in [1.807, 2.05) is 0 Å². The molecule has 4 heteroatoms. The molecule has 0 N–H and O–H groups in total. The Hall–Kier alpha value is -0.280. The van der Waals surface area contributed by atoms with Crippen LogP contribution in [0.25, 0.3) is 0 Å². The summed E-state index contributed by atoms with van der Waals surface area (Å²) in [4.78, 5) is 10.4. The molecule has 0 amide bonds. The van der Waals surface area contributed by atoms with Gasteiger partial charge in [-0.25, -0.2) is 4.79 Å². The van der Waals surface area contributed by atoms with E-state index >= 15 is 0 Å². The molecule has 0 aromatic rings. The first-order valence-electron chi connectivity index (χ1n) is 6.13. The second kappa shape index (κ2) is 5.37. The number of carbonyl (C=O) groups excluding carboxylic acids is 1. The fourth-order valence-electron chi connectivity index (χ4n) is 3.28. The zero-order chi connectivity index (χ0) is 11.5. The van der Waals surface area contributed by atoms with Crippen LogP contribution < -0.4 is 0 Å². The van der Waals surface area contributed by atoms with Crippen LogP contribution >= 0.6 is 11.6 Å². The van der Waals surface area contributed by atoms with Crippen LogP contribution in [0.2, 0.25) is 0 Å². The first kappa shape index (κ1) is 12.2. The van der Waals surface area contributed by atoms with Crippen LogP contribution in [0.4, 0.5) is 4.79 Å². The van der Waals surface area contributed by atoms with E-state index in [0.717, 1.165) is 24.2 Å². The molecule has 2 aliphatic carbocycles. The van der Waals surface area contributed by atoms with E-state index in [9.17, 15) is 4.79 Å². The number of halogens is 1. The van der Waals surface area contributed by atoms with Crippen molar-refractivity contribution >= 4 is 17.0 Å². The van der Waals surface area contributed by atoms with Crippen molar-refractivity contribution in [1.82, 2.24) is 0 Å². The molecule has 4 unspecified atom stereocenters. The van der Waals surface area contributed by atoms with E-state index in [2.05, 4.69) is 4.74 Å². The molecule has 3 nitrogen and oxygen atoms in total. The average molecular weight is 247 g/mol. The summed E-state index contributed by atoms with van der Waals surface area (Å²) in [6.07, 6.45) is 6.20. The van der Waals surface area contributed by atoms with Gasteiger partial charge < -0.3 is 9.47 Å². The van der Waals surface area contributed by atoms with Gasteiger partial charge in [0.05, 0.1) is 6.61 Å². The Morgan fingerprint density at radius 2 is 2.25 bits per heavy atom. The Labute approximate surface area is 101 Å². The van der Waals surface area contributed by atoms with Crippen LogP contribution in [0.1, 0.15) is 39.0 Å². The first-order valence-corrected chi connectivity index (χ1v) is 6.50. The second-order valence-electron chi connectivity index (χ2n) is 5.02. The highest BCUT2D eigenvalue weighted by atomic mass is 35.5. The molecule has 0 aromatic heterocycles. The third-order valence-corrected chi connectivity index (χ3v) is 4.07. The van der Waals surface area contributed by atoms with Crippen LogP contribution in [-0.4, -0.2) is 18.3 Å². The minimum absolute atomic E-state index is 0.524. The first-order chi connectivity index (χ1) is 7.65. The molecule has 0 saturated heterocycles. The summed E-state index contributed by atoms with van der Waals surface area (Å²) in [6.45, 7) is 2.36. The van der Waals surface area contributed by atoms with Crippen LogP contribution in [0, 0.1) is 17.8 Å². The minimum Gasteiger partial charge on any atom is -0.424 e. The van der Waals surface area contributed by atoms with Crippen molar-refractivity contribution < 1.29 is 14.3 Å². The van der Waals surface area contributed by atoms with Gasteiger partial charge in [0.15, 0.2) is 0 Å². The lowest BCUT2D eigenvalue weighted by atomic mass is 9.87. The van der Waals surface area contributed by atoms with Gasteiger partial charge in [0, 0.05) is 11.6 Å².